The van der Waals surface area contributed by atoms with Crippen LogP contribution in [0.4, 0.5) is 14.5 Å². The van der Waals surface area contributed by atoms with Crippen molar-refractivity contribution in [3.63, 3.8) is 0 Å². The molecule has 208 valence electrons. The quantitative estimate of drug-likeness (QED) is 0.356. The Morgan fingerprint density at radius 3 is 2.29 bits per heavy atom. The number of hydrogen-bond acceptors (Lipinski definition) is 7. The number of carbonyl (C=O) groups is 2. The first-order valence-electron chi connectivity index (χ1n) is 12.8. The van der Waals surface area contributed by atoms with Crippen molar-refractivity contribution >= 4 is 34.1 Å². The first-order chi connectivity index (χ1) is 19.7. The summed E-state index contributed by atoms with van der Waals surface area (Å²) in [6.45, 7) is 1.72. The van der Waals surface area contributed by atoms with E-state index in [0.29, 0.717) is 48.7 Å². The average Bonchev–Trinajstić information content (AvgIpc) is 3.35. The number of aromatic hydroxyl groups is 1. The Balaban J connectivity index is 1.36. The topological polar surface area (TPSA) is 112 Å². The minimum absolute atomic E-state index is 0.0280. The zero-order chi connectivity index (χ0) is 28.8. The van der Waals surface area contributed by atoms with E-state index in [0.717, 1.165) is 12.3 Å². The third-order valence-electron chi connectivity index (χ3n) is 7.38. The van der Waals surface area contributed by atoms with Crippen molar-refractivity contribution in [3.8, 4) is 11.4 Å². The predicted molar refractivity (Wildman–Crippen MR) is 146 cm³/mol. The number of esters is 1. The average molecular weight is 560 g/mol. The van der Waals surface area contributed by atoms with Crippen LogP contribution in [0.1, 0.15) is 15.9 Å². The summed E-state index contributed by atoms with van der Waals surface area (Å²) in [6, 6.07) is 14.2. The second-order valence-corrected chi connectivity index (χ2v) is 9.77. The van der Waals surface area contributed by atoms with E-state index in [1.807, 2.05) is 9.80 Å². The van der Waals surface area contributed by atoms with E-state index in [-0.39, 0.29) is 28.9 Å². The fraction of sp³-hybridized carbons (Fsp3) is 0.167. The van der Waals surface area contributed by atoms with Crippen LogP contribution in [-0.2, 0) is 9.53 Å². The van der Waals surface area contributed by atoms with E-state index < -0.39 is 34.6 Å². The van der Waals surface area contributed by atoms with Gasteiger partial charge < -0.3 is 29.3 Å². The van der Waals surface area contributed by atoms with Crippen LogP contribution < -0.4 is 10.3 Å². The van der Waals surface area contributed by atoms with Crippen LogP contribution in [0.2, 0.25) is 0 Å². The number of rotatable bonds is 5. The number of carbonyl (C=O) groups excluding carboxylic acids is 1. The number of aromatic carboxylic acids is 1. The number of pyridine rings is 1. The fourth-order valence-corrected chi connectivity index (χ4v) is 5.35. The Kier molecular flexibility index (Phi) is 6.41. The molecule has 0 saturated carbocycles. The van der Waals surface area contributed by atoms with Crippen LogP contribution in [0, 0.1) is 11.6 Å². The minimum Gasteiger partial charge on any atom is -0.508 e. The monoisotopic (exact) mass is 559 g/mol. The van der Waals surface area contributed by atoms with Crippen molar-refractivity contribution in [2.75, 3.05) is 37.7 Å². The van der Waals surface area contributed by atoms with Gasteiger partial charge in [0.1, 0.15) is 29.6 Å². The summed E-state index contributed by atoms with van der Waals surface area (Å²) in [5, 5.41) is 19.3. The van der Waals surface area contributed by atoms with Crippen LogP contribution in [0.5, 0.6) is 5.75 Å². The SMILES string of the molecule is O=C1OCC(N2CCN(c3cc4c(cc3F)c(=O)c(C(=O)O)cn4-c3ccc(F)cc3)CC2)=C1c1cccc(O)c1. The molecule has 2 aliphatic rings. The summed E-state index contributed by atoms with van der Waals surface area (Å²) >= 11 is 0. The van der Waals surface area contributed by atoms with Gasteiger partial charge in [0.05, 0.1) is 22.5 Å². The minimum atomic E-state index is -1.46. The van der Waals surface area contributed by atoms with Gasteiger partial charge in [-0.05, 0) is 54.1 Å². The third kappa shape index (κ3) is 4.65. The molecule has 41 heavy (non-hydrogen) atoms. The first kappa shape index (κ1) is 26.1. The molecule has 0 radical (unpaired) electrons. The second-order valence-electron chi connectivity index (χ2n) is 9.77. The normalized spacial score (nSPS) is 15.5. The van der Waals surface area contributed by atoms with Gasteiger partial charge in [0, 0.05) is 43.4 Å². The summed E-state index contributed by atoms with van der Waals surface area (Å²) in [7, 11) is 0. The molecular formula is C30H23F2N3O6. The zero-order valence-corrected chi connectivity index (χ0v) is 21.5. The van der Waals surface area contributed by atoms with E-state index in [2.05, 4.69) is 0 Å². The van der Waals surface area contributed by atoms with Gasteiger partial charge in [0.25, 0.3) is 0 Å². The van der Waals surface area contributed by atoms with Crippen molar-refractivity contribution in [2.24, 2.45) is 0 Å². The molecule has 11 heteroatoms. The highest BCUT2D eigenvalue weighted by Crippen LogP contribution is 2.33. The van der Waals surface area contributed by atoms with Crippen molar-refractivity contribution in [1.82, 2.24) is 9.47 Å². The first-order valence-corrected chi connectivity index (χ1v) is 12.8. The number of anilines is 1. The number of carboxylic acids is 1. The van der Waals surface area contributed by atoms with Gasteiger partial charge in [-0.25, -0.2) is 18.4 Å². The molecular weight excluding hydrogens is 536 g/mol. The lowest BCUT2D eigenvalue weighted by atomic mass is 10.0. The number of fused-ring (bicyclic) bond motifs is 1. The van der Waals surface area contributed by atoms with Gasteiger partial charge in [-0.1, -0.05) is 12.1 Å². The molecule has 0 aliphatic carbocycles. The molecule has 1 aromatic heterocycles. The summed E-state index contributed by atoms with van der Waals surface area (Å²) in [6.07, 6.45) is 1.16. The van der Waals surface area contributed by atoms with E-state index in [9.17, 15) is 29.0 Å². The number of hydrogen-bond donors (Lipinski definition) is 2. The van der Waals surface area contributed by atoms with Gasteiger partial charge in [-0.3, -0.25) is 4.79 Å². The molecule has 0 unspecified atom stereocenters. The Labute approximate surface area is 231 Å². The van der Waals surface area contributed by atoms with E-state index >= 15 is 4.39 Å². The van der Waals surface area contributed by atoms with Crippen LogP contribution in [0.15, 0.2) is 77.4 Å². The number of phenols is 1. The molecule has 2 aliphatic heterocycles. The number of aromatic nitrogens is 1. The largest absolute Gasteiger partial charge is 0.508 e. The molecule has 0 spiro atoms. The number of cyclic esters (lactones) is 1. The molecule has 3 heterocycles. The highest BCUT2D eigenvalue weighted by molar-refractivity contribution is 6.19. The van der Waals surface area contributed by atoms with Crippen molar-refractivity contribution in [2.45, 2.75) is 0 Å². The fourth-order valence-electron chi connectivity index (χ4n) is 5.35. The number of carboxylic acid groups (broad SMARTS) is 1. The molecule has 4 aromatic rings. The summed E-state index contributed by atoms with van der Waals surface area (Å²) < 4.78 is 35.8. The number of halogens is 2. The van der Waals surface area contributed by atoms with Gasteiger partial charge in [0.2, 0.25) is 5.43 Å². The zero-order valence-electron chi connectivity index (χ0n) is 21.5. The van der Waals surface area contributed by atoms with E-state index in [1.54, 1.807) is 12.1 Å². The Bertz CT molecular complexity index is 1810. The van der Waals surface area contributed by atoms with Crippen molar-refractivity contribution < 1.29 is 33.3 Å². The highest BCUT2D eigenvalue weighted by Gasteiger charge is 2.32. The van der Waals surface area contributed by atoms with Gasteiger partial charge in [-0.2, -0.15) is 0 Å². The van der Waals surface area contributed by atoms with Crippen LogP contribution in [0.3, 0.4) is 0 Å². The third-order valence-corrected chi connectivity index (χ3v) is 7.38. The number of nitrogens with zero attached hydrogens (tertiary/aromatic N) is 3. The van der Waals surface area contributed by atoms with E-state index in [4.69, 9.17) is 4.74 Å². The van der Waals surface area contributed by atoms with E-state index in [1.165, 1.54) is 47.0 Å². The number of piperazine rings is 1. The smallest absolute Gasteiger partial charge is 0.341 e. The predicted octanol–water partition coefficient (Wildman–Crippen LogP) is 3.76. The molecule has 6 rings (SSSR count). The molecule has 1 saturated heterocycles. The van der Waals surface area contributed by atoms with Crippen molar-refractivity contribution in [1.29, 1.82) is 0 Å². The Hall–Kier alpha value is -5.19. The summed E-state index contributed by atoms with van der Waals surface area (Å²) in [5.41, 5.74) is 1.15. The van der Waals surface area contributed by atoms with Gasteiger partial charge in [-0.15, -0.1) is 0 Å². The van der Waals surface area contributed by atoms with Gasteiger partial charge in [0.15, 0.2) is 0 Å². The molecule has 3 aromatic carbocycles. The Morgan fingerprint density at radius 2 is 1.61 bits per heavy atom. The van der Waals surface area contributed by atoms with Gasteiger partial charge >= 0.3 is 11.9 Å². The number of benzene rings is 3. The Morgan fingerprint density at radius 1 is 0.902 bits per heavy atom. The standard InChI is InChI=1S/C30H23F2N3O6/c31-18-4-6-19(7-5-18)35-15-22(29(38)39)28(37)21-13-23(32)25(14-24(21)35)33-8-10-34(11-9-33)26-16-41-30(40)27(26)17-2-1-3-20(36)12-17/h1-7,12-15,36H,8-11,16H2,(H,38,39). The van der Waals surface area contributed by atoms with Crippen molar-refractivity contribution in [3.05, 3.63) is 106 Å². The highest BCUT2D eigenvalue weighted by atomic mass is 19.1. The lowest BCUT2D eigenvalue weighted by Crippen LogP contribution is -2.46. The maximum Gasteiger partial charge on any atom is 0.341 e. The number of phenolic OH excluding ortho intramolecular Hbond substituents is 1. The number of ether oxygens (including phenoxy) is 1. The second kappa shape index (κ2) is 10.1. The molecule has 0 atom stereocenters. The molecule has 9 nitrogen and oxygen atoms in total. The molecule has 1 fully saturated rings. The summed E-state index contributed by atoms with van der Waals surface area (Å²) in [4.78, 5) is 41.0. The molecule has 0 amide bonds. The molecule has 0 bridgehead atoms. The van der Waals surface area contributed by atoms with Crippen LogP contribution in [0.25, 0.3) is 22.2 Å². The lowest BCUT2D eigenvalue weighted by Gasteiger charge is -2.38. The van der Waals surface area contributed by atoms with Crippen LogP contribution >= 0.6 is 0 Å². The van der Waals surface area contributed by atoms with Crippen LogP contribution in [-0.4, -0.2) is 64.4 Å². The lowest BCUT2D eigenvalue weighted by molar-refractivity contribution is -0.134. The maximum absolute atomic E-state index is 15.5. The summed E-state index contributed by atoms with van der Waals surface area (Å²) in [5.74, 6) is -3.08. The molecule has 2 N–H and O–H groups in total. The maximum atomic E-state index is 15.5.